The third-order valence-electron chi connectivity index (χ3n) is 3.57. The van der Waals surface area contributed by atoms with E-state index in [9.17, 15) is 8.78 Å². The number of hydrogen-bond acceptors (Lipinski definition) is 5. The minimum absolute atomic E-state index is 0.0172. The fourth-order valence-corrected chi connectivity index (χ4v) is 3.35. The first kappa shape index (κ1) is 15.6. The van der Waals surface area contributed by atoms with E-state index >= 15 is 0 Å². The van der Waals surface area contributed by atoms with Gasteiger partial charge in [-0.05, 0) is 19.8 Å². The lowest BCUT2D eigenvalue weighted by molar-refractivity contribution is -0.0361. The van der Waals surface area contributed by atoms with Crippen LogP contribution in [0.25, 0.3) is 10.8 Å². The first-order valence-corrected chi connectivity index (χ1v) is 8.28. The Kier molecular flexibility index (Phi) is 4.27. The Morgan fingerprint density at radius 2 is 2.00 bits per heavy atom. The molecule has 8 heteroatoms. The lowest BCUT2D eigenvalue weighted by Crippen LogP contribution is -2.32. The van der Waals surface area contributed by atoms with Crippen molar-refractivity contribution in [2.45, 2.75) is 44.6 Å². The van der Waals surface area contributed by atoms with Crippen molar-refractivity contribution in [3.63, 3.8) is 0 Å². The summed E-state index contributed by atoms with van der Waals surface area (Å²) < 4.78 is 26.4. The highest BCUT2D eigenvalue weighted by Gasteiger charge is 2.34. The molecule has 0 amide bonds. The Morgan fingerprint density at radius 3 is 2.64 bits per heavy atom. The van der Waals surface area contributed by atoms with Crippen molar-refractivity contribution in [3.8, 4) is 10.8 Å². The summed E-state index contributed by atoms with van der Waals surface area (Å²) in [6.45, 7) is 1.89. The molecule has 118 valence electrons. The van der Waals surface area contributed by atoms with Crippen LogP contribution in [-0.4, -0.2) is 26.9 Å². The minimum Gasteiger partial charge on any atom is -0.367 e. The molecule has 2 aromatic rings. The standard InChI is InChI=1S/C14H15ClF2N4S/c1-8-7-22-13(18-8)12-20-10(15)6-11(21-12)19-9-2-4-14(16,17)5-3-9/h6-7,9H,2-5H2,1H3,(H,19,20,21). The Morgan fingerprint density at radius 1 is 1.27 bits per heavy atom. The lowest BCUT2D eigenvalue weighted by atomic mass is 9.92. The second-order valence-electron chi connectivity index (χ2n) is 5.47. The van der Waals surface area contributed by atoms with Crippen molar-refractivity contribution >= 4 is 28.8 Å². The van der Waals surface area contributed by atoms with Gasteiger partial charge in [0.1, 0.15) is 11.0 Å². The van der Waals surface area contributed by atoms with E-state index in [4.69, 9.17) is 11.6 Å². The van der Waals surface area contributed by atoms with Gasteiger partial charge in [0.25, 0.3) is 0 Å². The average Bonchev–Trinajstić information content (AvgIpc) is 2.87. The monoisotopic (exact) mass is 344 g/mol. The molecule has 1 N–H and O–H groups in total. The van der Waals surface area contributed by atoms with Gasteiger partial charge in [-0.1, -0.05) is 11.6 Å². The first-order chi connectivity index (χ1) is 10.4. The Labute approximate surface area is 136 Å². The molecule has 0 bridgehead atoms. The molecule has 0 aliphatic heterocycles. The van der Waals surface area contributed by atoms with E-state index in [1.807, 2.05) is 12.3 Å². The number of anilines is 1. The van der Waals surface area contributed by atoms with E-state index in [0.29, 0.717) is 34.6 Å². The predicted octanol–water partition coefficient (Wildman–Crippen LogP) is 4.55. The third-order valence-corrected chi connectivity index (χ3v) is 4.72. The van der Waals surface area contributed by atoms with Crippen molar-refractivity contribution in [3.05, 3.63) is 22.3 Å². The van der Waals surface area contributed by atoms with E-state index in [2.05, 4.69) is 20.3 Å². The van der Waals surface area contributed by atoms with E-state index < -0.39 is 5.92 Å². The third kappa shape index (κ3) is 3.70. The van der Waals surface area contributed by atoms with Gasteiger partial charge in [0.05, 0.1) is 0 Å². The Hall–Kier alpha value is -1.34. The Balaban J connectivity index is 1.76. The summed E-state index contributed by atoms with van der Waals surface area (Å²) in [5.41, 5.74) is 0.896. The number of thiazole rings is 1. The molecule has 0 radical (unpaired) electrons. The SMILES string of the molecule is Cc1csc(-c2nc(Cl)cc(NC3CCC(F)(F)CC3)n2)n1. The smallest absolute Gasteiger partial charge is 0.248 e. The molecule has 0 unspecified atom stereocenters. The fraction of sp³-hybridized carbons (Fsp3) is 0.500. The summed E-state index contributed by atoms with van der Waals surface area (Å²) in [6, 6.07) is 1.59. The lowest BCUT2D eigenvalue weighted by Gasteiger charge is -2.29. The number of halogens is 3. The second kappa shape index (κ2) is 6.04. The normalized spacial score (nSPS) is 18.4. The summed E-state index contributed by atoms with van der Waals surface area (Å²) in [4.78, 5) is 12.9. The Bertz CT molecular complexity index is 667. The molecule has 1 saturated carbocycles. The second-order valence-corrected chi connectivity index (χ2v) is 6.71. The molecule has 1 fully saturated rings. The van der Waals surface area contributed by atoms with E-state index in [0.717, 1.165) is 5.69 Å². The number of hydrogen-bond donors (Lipinski definition) is 1. The van der Waals surface area contributed by atoms with Gasteiger partial charge in [-0.2, -0.15) is 0 Å². The van der Waals surface area contributed by atoms with Crippen LogP contribution in [0.5, 0.6) is 0 Å². The maximum Gasteiger partial charge on any atom is 0.248 e. The molecule has 0 atom stereocenters. The molecular formula is C14H15ClF2N4S. The minimum atomic E-state index is -2.54. The van der Waals surface area contributed by atoms with Crippen LogP contribution in [0.1, 0.15) is 31.4 Å². The van der Waals surface area contributed by atoms with E-state index in [-0.39, 0.29) is 18.9 Å². The molecule has 4 nitrogen and oxygen atoms in total. The van der Waals surface area contributed by atoms with Crippen molar-refractivity contribution in [1.82, 2.24) is 15.0 Å². The molecular weight excluding hydrogens is 330 g/mol. The summed E-state index contributed by atoms with van der Waals surface area (Å²) >= 11 is 7.48. The average molecular weight is 345 g/mol. The van der Waals surface area contributed by atoms with Crippen molar-refractivity contribution < 1.29 is 8.78 Å². The molecule has 22 heavy (non-hydrogen) atoms. The van der Waals surface area contributed by atoms with Gasteiger partial charge in [0, 0.05) is 36.0 Å². The highest BCUT2D eigenvalue weighted by molar-refractivity contribution is 7.13. The van der Waals surface area contributed by atoms with Gasteiger partial charge in [-0.25, -0.2) is 23.7 Å². The van der Waals surface area contributed by atoms with Gasteiger partial charge in [-0.3, -0.25) is 0 Å². The van der Waals surface area contributed by atoms with Crippen molar-refractivity contribution in [2.24, 2.45) is 0 Å². The number of nitrogens with one attached hydrogen (secondary N) is 1. The predicted molar refractivity (Wildman–Crippen MR) is 83.7 cm³/mol. The van der Waals surface area contributed by atoms with Crippen LogP contribution < -0.4 is 5.32 Å². The van der Waals surface area contributed by atoms with Gasteiger partial charge < -0.3 is 5.32 Å². The zero-order valence-corrected chi connectivity index (χ0v) is 13.5. The number of aryl methyl sites for hydroxylation is 1. The number of rotatable bonds is 3. The van der Waals surface area contributed by atoms with Crippen LogP contribution >= 0.6 is 22.9 Å². The van der Waals surface area contributed by atoms with Crippen LogP contribution in [0.2, 0.25) is 5.15 Å². The van der Waals surface area contributed by atoms with Crippen LogP contribution in [0.3, 0.4) is 0 Å². The summed E-state index contributed by atoms with van der Waals surface area (Å²) in [6.07, 6.45) is 0.644. The summed E-state index contributed by atoms with van der Waals surface area (Å²) in [5.74, 6) is -1.53. The molecule has 0 aromatic carbocycles. The van der Waals surface area contributed by atoms with Crippen LogP contribution in [0.4, 0.5) is 14.6 Å². The van der Waals surface area contributed by atoms with Crippen molar-refractivity contribution in [1.29, 1.82) is 0 Å². The molecule has 0 saturated heterocycles. The fourth-order valence-electron chi connectivity index (χ4n) is 2.44. The highest BCUT2D eigenvalue weighted by atomic mass is 35.5. The highest BCUT2D eigenvalue weighted by Crippen LogP contribution is 2.34. The molecule has 1 aliphatic rings. The molecule has 3 rings (SSSR count). The number of alkyl halides is 2. The number of nitrogens with zero attached hydrogens (tertiary/aromatic N) is 3. The topological polar surface area (TPSA) is 50.7 Å². The zero-order chi connectivity index (χ0) is 15.7. The zero-order valence-electron chi connectivity index (χ0n) is 11.9. The largest absolute Gasteiger partial charge is 0.367 e. The molecule has 0 spiro atoms. The quantitative estimate of drug-likeness (QED) is 0.830. The maximum absolute atomic E-state index is 13.2. The first-order valence-electron chi connectivity index (χ1n) is 7.03. The molecule has 2 heterocycles. The summed E-state index contributed by atoms with van der Waals surface area (Å²) in [5, 5.41) is 6.10. The van der Waals surface area contributed by atoms with Gasteiger partial charge in [0.15, 0.2) is 10.8 Å². The maximum atomic E-state index is 13.2. The summed E-state index contributed by atoms with van der Waals surface area (Å²) in [7, 11) is 0. The number of aromatic nitrogens is 3. The van der Waals surface area contributed by atoms with Crippen LogP contribution in [0, 0.1) is 6.92 Å². The van der Waals surface area contributed by atoms with E-state index in [1.54, 1.807) is 6.07 Å². The molecule has 2 aromatic heterocycles. The van der Waals surface area contributed by atoms with Crippen LogP contribution in [0.15, 0.2) is 11.4 Å². The van der Waals surface area contributed by atoms with Crippen molar-refractivity contribution in [2.75, 3.05) is 5.32 Å². The van der Waals surface area contributed by atoms with E-state index in [1.165, 1.54) is 11.3 Å². The van der Waals surface area contributed by atoms with Crippen LogP contribution in [-0.2, 0) is 0 Å². The van der Waals surface area contributed by atoms with Gasteiger partial charge in [-0.15, -0.1) is 11.3 Å². The molecule has 1 aliphatic carbocycles. The van der Waals surface area contributed by atoms with Gasteiger partial charge >= 0.3 is 0 Å². The van der Waals surface area contributed by atoms with Gasteiger partial charge in [0.2, 0.25) is 5.92 Å².